The summed E-state index contributed by atoms with van der Waals surface area (Å²) in [6.45, 7) is 0.243. The first kappa shape index (κ1) is 18.0. The lowest BCUT2D eigenvalue weighted by Crippen LogP contribution is -2.10. The zero-order chi connectivity index (χ0) is 18.5. The van der Waals surface area contributed by atoms with Gasteiger partial charge in [-0.15, -0.1) is 0 Å². The molecule has 0 aliphatic carbocycles. The molecule has 132 valence electrons. The van der Waals surface area contributed by atoms with E-state index in [2.05, 4.69) is 26.3 Å². The van der Waals surface area contributed by atoms with Crippen LogP contribution in [-0.2, 0) is 11.3 Å². The zero-order valence-electron chi connectivity index (χ0n) is 13.5. The van der Waals surface area contributed by atoms with Crippen LogP contribution in [0.2, 0.25) is 0 Å². The molecule has 26 heavy (non-hydrogen) atoms. The maximum absolute atomic E-state index is 13.7. The molecule has 0 fully saturated rings. The Hall–Kier alpha value is -2.80. The second-order valence-electron chi connectivity index (χ2n) is 5.49. The van der Waals surface area contributed by atoms with Gasteiger partial charge in [0.25, 0.3) is 0 Å². The van der Waals surface area contributed by atoms with Gasteiger partial charge in [-0.1, -0.05) is 30.3 Å². The van der Waals surface area contributed by atoms with Crippen molar-refractivity contribution in [3.63, 3.8) is 0 Å². The van der Waals surface area contributed by atoms with Crippen molar-refractivity contribution in [3.8, 4) is 0 Å². The van der Waals surface area contributed by atoms with Crippen molar-refractivity contribution in [2.75, 3.05) is 5.32 Å². The number of nitrogens with one attached hydrogen (secondary N) is 1. The highest BCUT2D eigenvalue weighted by Crippen LogP contribution is 2.21. The maximum atomic E-state index is 13.7. The molecule has 4 nitrogen and oxygen atoms in total. The lowest BCUT2D eigenvalue weighted by atomic mass is 10.2. The molecule has 7 heteroatoms. The summed E-state index contributed by atoms with van der Waals surface area (Å²) in [5.74, 6) is -0.705. The first-order chi connectivity index (χ1) is 12.5. The van der Waals surface area contributed by atoms with Gasteiger partial charge in [0.1, 0.15) is 11.6 Å². The van der Waals surface area contributed by atoms with Gasteiger partial charge in [0.05, 0.1) is 11.0 Å². The van der Waals surface area contributed by atoms with Gasteiger partial charge in [-0.25, -0.2) is 8.78 Å². The number of benzene rings is 2. The van der Waals surface area contributed by atoms with Gasteiger partial charge in [-0.3, -0.25) is 9.48 Å². The van der Waals surface area contributed by atoms with Crippen LogP contribution in [0, 0.1) is 11.6 Å². The topological polar surface area (TPSA) is 46.9 Å². The molecule has 2 aromatic carbocycles. The van der Waals surface area contributed by atoms with Crippen molar-refractivity contribution in [3.05, 3.63) is 88.0 Å². The Morgan fingerprint density at radius 3 is 2.62 bits per heavy atom. The summed E-state index contributed by atoms with van der Waals surface area (Å²) < 4.78 is 28.7. The van der Waals surface area contributed by atoms with Crippen LogP contribution in [-0.4, -0.2) is 15.7 Å². The molecule has 0 bridgehead atoms. The van der Waals surface area contributed by atoms with Gasteiger partial charge in [-0.05, 0) is 45.8 Å². The van der Waals surface area contributed by atoms with Crippen LogP contribution in [0.4, 0.5) is 14.6 Å². The third-order valence-electron chi connectivity index (χ3n) is 3.55. The normalized spacial score (nSPS) is 11.0. The molecular formula is C19H14BrF2N3O. The van der Waals surface area contributed by atoms with Crippen LogP contribution in [0.1, 0.15) is 11.1 Å². The SMILES string of the molecule is O=C(/C=C/c1ccc(F)cc1)Nc1nn(Cc2ccccc2F)cc1Br. The summed E-state index contributed by atoms with van der Waals surface area (Å²) >= 11 is 3.32. The number of hydrogen-bond donors (Lipinski definition) is 1. The van der Waals surface area contributed by atoms with E-state index in [-0.39, 0.29) is 24.1 Å². The molecule has 0 saturated carbocycles. The molecule has 3 aromatic rings. The van der Waals surface area contributed by atoms with Crippen molar-refractivity contribution in [2.24, 2.45) is 0 Å². The highest BCUT2D eigenvalue weighted by molar-refractivity contribution is 9.10. The lowest BCUT2D eigenvalue weighted by molar-refractivity contribution is -0.111. The molecule has 0 aliphatic rings. The van der Waals surface area contributed by atoms with Gasteiger partial charge in [-0.2, -0.15) is 5.10 Å². The first-order valence-electron chi connectivity index (χ1n) is 7.72. The number of halogens is 3. The molecule has 0 aliphatic heterocycles. The summed E-state index contributed by atoms with van der Waals surface area (Å²) in [5.41, 5.74) is 1.20. The van der Waals surface area contributed by atoms with E-state index in [1.165, 1.54) is 29.0 Å². The standard InChI is InChI=1S/C19H14BrF2N3O/c20-16-12-25(11-14-3-1-2-4-17(14)22)24-19(16)23-18(26)10-7-13-5-8-15(21)9-6-13/h1-10,12H,11H2,(H,23,24,26)/b10-7+. The Balaban J connectivity index is 1.66. The van der Waals surface area contributed by atoms with E-state index < -0.39 is 0 Å². The van der Waals surface area contributed by atoms with Crippen LogP contribution >= 0.6 is 15.9 Å². The quantitative estimate of drug-likeness (QED) is 0.615. The molecular weight excluding hydrogens is 404 g/mol. The number of amides is 1. The van der Waals surface area contributed by atoms with Crippen LogP contribution in [0.15, 0.2) is 65.3 Å². The van der Waals surface area contributed by atoms with Crippen molar-refractivity contribution < 1.29 is 13.6 Å². The summed E-state index contributed by atoms with van der Waals surface area (Å²) in [6.07, 6.45) is 4.56. The fourth-order valence-corrected chi connectivity index (χ4v) is 2.68. The third kappa shape index (κ3) is 4.64. The Kier molecular flexibility index (Phi) is 5.58. The largest absolute Gasteiger partial charge is 0.305 e. The van der Waals surface area contributed by atoms with E-state index in [4.69, 9.17) is 0 Å². The molecule has 1 amide bonds. The van der Waals surface area contributed by atoms with Crippen molar-refractivity contribution in [1.82, 2.24) is 9.78 Å². The Labute approximate surface area is 157 Å². The van der Waals surface area contributed by atoms with E-state index in [1.807, 2.05) is 0 Å². The number of hydrogen-bond acceptors (Lipinski definition) is 2. The minimum absolute atomic E-state index is 0.243. The lowest BCUT2D eigenvalue weighted by Gasteiger charge is -2.03. The Bertz CT molecular complexity index is 952. The molecule has 3 rings (SSSR count). The van der Waals surface area contributed by atoms with Gasteiger partial charge >= 0.3 is 0 Å². The number of rotatable bonds is 5. The number of nitrogens with zero attached hydrogens (tertiary/aromatic N) is 2. The Morgan fingerprint density at radius 2 is 1.88 bits per heavy atom. The number of carbonyl (C=O) groups excluding carboxylic acids is 1. The monoisotopic (exact) mass is 417 g/mol. The smallest absolute Gasteiger partial charge is 0.249 e. The van der Waals surface area contributed by atoms with Crippen molar-refractivity contribution in [1.29, 1.82) is 0 Å². The Morgan fingerprint density at radius 1 is 1.15 bits per heavy atom. The van der Waals surface area contributed by atoms with Gasteiger partial charge in [0, 0.05) is 17.8 Å². The minimum Gasteiger partial charge on any atom is -0.305 e. The molecule has 1 aromatic heterocycles. The summed E-state index contributed by atoms with van der Waals surface area (Å²) in [6, 6.07) is 12.2. The number of anilines is 1. The van der Waals surface area contributed by atoms with Crippen molar-refractivity contribution in [2.45, 2.75) is 6.54 Å². The van der Waals surface area contributed by atoms with E-state index >= 15 is 0 Å². The predicted octanol–water partition coefficient (Wildman–Crippen LogP) is 4.62. The second-order valence-corrected chi connectivity index (χ2v) is 6.34. The van der Waals surface area contributed by atoms with Crippen LogP contribution < -0.4 is 5.32 Å². The first-order valence-corrected chi connectivity index (χ1v) is 8.51. The van der Waals surface area contributed by atoms with Gasteiger partial charge in [0.2, 0.25) is 5.91 Å². The fraction of sp³-hybridized carbons (Fsp3) is 0.0526. The summed E-state index contributed by atoms with van der Waals surface area (Å²) in [5, 5.41) is 6.88. The summed E-state index contributed by atoms with van der Waals surface area (Å²) in [7, 11) is 0. The minimum atomic E-state index is -0.383. The van der Waals surface area contributed by atoms with Gasteiger partial charge < -0.3 is 5.32 Å². The zero-order valence-corrected chi connectivity index (χ0v) is 15.1. The number of carbonyl (C=O) groups is 1. The van der Waals surface area contributed by atoms with Crippen LogP contribution in [0.3, 0.4) is 0 Å². The van der Waals surface area contributed by atoms with E-state index in [0.717, 1.165) is 0 Å². The van der Waals surface area contributed by atoms with E-state index in [9.17, 15) is 13.6 Å². The second kappa shape index (κ2) is 8.05. The van der Waals surface area contributed by atoms with Gasteiger partial charge in [0.15, 0.2) is 5.82 Å². The fourth-order valence-electron chi connectivity index (χ4n) is 2.27. The predicted molar refractivity (Wildman–Crippen MR) is 99.5 cm³/mol. The highest BCUT2D eigenvalue weighted by atomic mass is 79.9. The molecule has 0 radical (unpaired) electrons. The summed E-state index contributed by atoms with van der Waals surface area (Å²) in [4.78, 5) is 12.0. The molecule has 0 saturated heterocycles. The average molecular weight is 418 g/mol. The highest BCUT2D eigenvalue weighted by Gasteiger charge is 2.10. The molecule has 0 atom stereocenters. The van der Waals surface area contributed by atoms with Crippen molar-refractivity contribution >= 4 is 33.7 Å². The maximum Gasteiger partial charge on any atom is 0.249 e. The average Bonchev–Trinajstić information content (AvgIpc) is 2.95. The van der Waals surface area contributed by atoms with E-state index in [1.54, 1.807) is 42.6 Å². The third-order valence-corrected chi connectivity index (χ3v) is 4.13. The number of aromatic nitrogens is 2. The van der Waals surface area contributed by atoms with E-state index in [0.29, 0.717) is 21.4 Å². The molecule has 1 N–H and O–H groups in total. The molecule has 0 unspecified atom stereocenters. The molecule has 0 spiro atoms. The van der Waals surface area contributed by atoms with Crippen LogP contribution in [0.5, 0.6) is 0 Å². The van der Waals surface area contributed by atoms with Crippen LogP contribution in [0.25, 0.3) is 6.08 Å². The molecule has 1 heterocycles.